The Kier molecular flexibility index (Phi) is 5.99. The lowest BCUT2D eigenvalue weighted by Crippen LogP contribution is -2.46. The fraction of sp³-hybridized carbons (Fsp3) is 0.500. The number of anilines is 1. The van der Waals surface area contributed by atoms with E-state index in [0.29, 0.717) is 25.1 Å². The van der Waals surface area contributed by atoms with E-state index in [1.807, 2.05) is 18.2 Å². The molecule has 31 heavy (non-hydrogen) atoms. The molecule has 4 heterocycles. The molecule has 1 fully saturated rings. The van der Waals surface area contributed by atoms with E-state index in [2.05, 4.69) is 14.8 Å². The molecule has 2 aliphatic rings. The number of aromatic nitrogens is 3. The van der Waals surface area contributed by atoms with Gasteiger partial charge >= 0.3 is 0 Å². The minimum Gasteiger partial charge on any atom is -0.383 e. The summed E-state index contributed by atoms with van der Waals surface area (Å²) in [7, 11) is 1.63. The van der Waals surface area contributed by atoms with Crippen molar-refractivity contribution in [3.8, 4) is 0 Å². The molecule has 164 valence electrons. The van der Waals surface area contributed by atoms with Crippen LogP contribution in [-0.2, 0) is 35.6 Å². The van der Waals surface area contributed by atoms with Crippen molar-refractivity contribution in [3.63, 3.8) is 0 Å². The van der Waals surface area contributed by atoms with Crippen LogP contribution in [0.2, 0.25) is 0 Å². The van der Waals surface area contributed by atoms with Gasteiger partial charge in [-0.2, -0.15) is 0 Å². The average molecular weight is 442 g/mol. The number of thiazole rings is 1. The highest BCUT2D eigenvalue weighted by atomic mass is 32.1. The third-order valence-corrected chi connectivity index (χ3v) is 7.04. The van der Waals surface area contributed by atoms with Crippen molar-refractivity contribution in [2.75, 3.05) is 51.4 Å². The molecule has 0 radical (unpaired) electrons. The molecular formula is C22H27N5O3S. The molecule has 0 amide bonds. The maximum absolute atomic E-state index is 12.6. The van der Waals surface area contributed by atoms with E-state index in [4.69, 9.17) is 14.5 Å². The molecule has 1 aromatic carbocycles. The first kappa shape index (κ1) is 20.6. The quantitative estimate of drug-likeness (QED) is 0.578. The molecule has 5 rings (SSSR count). The second kappa shape index (κ2) is 9.04. The zero-order valence-corrected chi connectivity index (χ0v) is 18.6. The maximum atomic E-state index is 12.6. The van der Waals surface area contributed by atoms with Crippen molar-refractivity contribution in [2.45, 2.75) is 26.1 Å². The predicted molar refractivity (Wildman–Crippen MR) is 121 cm³/mol. The van der Waals surface area contributed by atoms with E-state index in [1.54, 1.807) is 29.3 Å². The molecule has 0 unspecified atom stereocenters. The summed E-state index contributed by atoms with van der Waals surface area (Å²) in [5.74, 6) is 0. The summed E-state index contributed by atoms with van der Waals surface area (Å²) < 4.78 is 12.2. The minimum atomic E-state index is -0.0186. The Morgan fingerprint density at radius 2 is 2.10 bits per heavy atom. The predicted octanol–water partition coefficient (Wildman–Crippen LogP) is 1.89. The van der Waals surface area contributed by atoms with Crippen LogP contribution < -0.4 is 10.5 Å². The SMILES string of the molecule is COCCn1cnc2cc(N3CCN(Cc4nc5c(s4)COCC5)CC3)ccc2c1=O. The van der Waals surface area contributed by atoms with Gasteiger partial charge < -0.3 is 14.4 Å². The molecule has 2 aliphatic heterocycles. The molecule has 0 spiro atoms. The van der Waals surface area contributed by atoms with Crippen LogP contribution >= 0.6 is 11.3 Å². The van der Waals surface area contributed by atoms with Crippen LogP contribution in [0.3, 0.4) is 0 Å². The van der Waals surface area contributed by atoms with E-state index in [0.717, 1.165) is 57.0 Å². The molecule has 9 heteroatoms. The third kappa shape index (κ3) is 4.36. The fourth-order valence-corrected chi connectivity index (χ4v) is 5.29. The maximum Gasteiger partial charge on any atom is 0.261 e. The largest absolute Gasteiger partial charge is 0.383 e. The number of methoxy groups -OCH3 is 1. The van der Waals surface area contributed by atoms with Gasteiger partial charge in [0.05, 0.1) is 60.7 Å². The standard InChI is InChI=1S/C22H27N5O3S/c1-29-11-9-27-15-23-19-12-16(2-3-17(19)22(27)28)26-7-5-25(6-8-26)13-21-24-18-4-10-30-14-20(18)31-21/h2-3,12,15H,4-11,13-14H2,1H3. The molecular weight excluding hydrogens is 414 g/mol. The second-order valence-electron chi connectivity index (χ2n) is 7.98. The van der Waals surface area contributed by atoms with Crippen LogP contribution in [-0.4, -0.2) is 65.9 Å². The summed E-state index contributed by atoms with van der Waals surface area (Å²) in [4.78, 5) is 28.1. The van der Waals surface area contributed by atoms with Crippen LogP contribution in [0.1, 0.15) is 15.6 Å². The first-order valence-electron chi connectivity index (χ1n) is 10.7. The summed E-state index contributed by atoms with van der Waals surface area (Å²) >= 11 is 1.80. The number of hydrogen-bond acceptors (Lipinski definition) is 8. The first-order chi connectivity index (χ1) is 15.2. The van der Waals surface area contributed by atoms with Gasteiger partial charge in [0.15, 0.2) is 0 Å². The monoisotopic (exact) mass is 441 g/mol. The molecule has 8 nitrogen and oxygen atoms in total. The van der Waals surface area contributed by atoms with Crippen molar-refractivity contribution in [2.24, 2.45) is 0 Å². The lowest BCUT2D eigenvalue weighted by Gasteiger charge is -2.35. The van der Waals surface area contributed by atoms with Crippen molar-refractivity contribution in [1.82, 2.24) is 19.4 Å². The molecule has 0 N–H and O–H groups in total. The number of rotatable bonds is 6. The second-order valence-corrected chi connectivity index (χ2v) is 9.15. The van der Waals surface area contributed by atoms with Gasteiger partial charge in [-0.3, -0.25) is 14.3 Å². The Bertz CT molecular complexity index is 1100. The van der Waals surface area contributed by atoms with Crippen molar-refractivity contribution < 1.29 is 9.47 Å². The molecule has 0 aliphatic carbocycles. The fourth-order valence-electron chi connectivity index (χ4n) is 4.19. The van der Waals surface area contributed by atoms with Gasteiger partial charge in [-0.15, -0.1) is 11.3 Å². The van der Waals surface area contributed by atoms with Crippen molar-refractivity contribution in [1.29, 1.82) is 0 Å². The topological polar surface area (TPSA) is 72.7 Å². The van der Waals surface area contributed by atoms with Crippen molar-refractivity contribution in [3.05, 3.63) is 50.5 Å². The molecule has 2 aromatic heterocycles. The highest BCUT2D eigenvalue weighted by Gasteiger charge is 2.21. The Labute approximate surface area is 185 Å². The van der Waals surface area contributed by atoms with Gasteiger partial charge in [-0.05, 0) is 18.2 Å². The number of ether oxygens (including phenoxy) is 2. The molecule has 3 aromatic rings. The average Bonchev–Trinajstić information content (AvgIpc) is 3.21. The van der Waals surface area contributed by atoms with E-state index in [-0.39, 0.29) is 5.56 Å². The van der Waals surface area contributed by atoms with Gasteiger partial charge in [0.2, 0.25) is 0 Å². The highest BCUT2D eigenvalue weighted by molar-refractivity contribution is 7.11. The zero-order valence-electron chi connectivity index (χ0n) is 17.7. The Hall–Kier alpha value is -2.33. The summed E-state index contributed by atoms with van der Waals surface area (Å²) in [5, 5.41) is 1.85. The number of fused-ring (bicyclic) bond motifs is 2. The van der Waals surface area contributed by atoms with Crippen LogP contribution in [0.15, 0.2) is 29.3 Å². The number of hydrogen-bond donors (Lipinski definition) is 0. The Morgan fingerprint density at radius 3 is 2.90 bits per heavy atom. The summed E-state index contributed by atoms with van der Waals surface area (Å²) in [6.07, 6.45) is 2.55. The van der Waals surface area contributed by atoms with E-state index >= 15 is 0 Å². The molecule has 0 bridgehead atoms. The molecule has 0 atom stereocenters. The van der Waals surface area contributed by atoms with Crippen LogP contribution in [0.5, 0.6) is 0 Å². The van der Waals surface area contributed by atoms with Gasteiger partial charge in [0.25, 0.3) is 5.56 Å². The molecule has 0 saturated carbocycles. The van der Waals surface area contributed by atoms with Gasteiger partial charge in [0.1, 0.15) is 5.01 Å². The van der Waals surface area contributed by atoms with E-state index < -0.39 is 0 Å². The van der Waals surface area contributed by atoms with Crippen LogP contribution in [0.4, 0.5) is 5.69 Å². The number of nitrogens with zero attached hydrogens (tertiary/aromatic N) is 5. The summed E-state index contributed by atoms with van der Waals surface area (Å²) in [6.45, 7) is 7.30. The summed E-state index contributed by atoms with van der Waals surface area (Å²) in [6, 6.07) is 5.97. The Balaban J connectivity index is 1.23. The third-order valence-electron chi connectivity index (χ3n) is 5.98. The lowest BCUT2D eigenvalue weighted by molar-refractivity contribution is 0.112. The summed E-state index contributed by atoms with van der Waals surface area (Å²) in [5.41, 5.74) is 3.08. The lowest BCUT2D eigenvalue weighted by atomic mass is 10.2. The van der Waals surface area contributed by atoms with Gasteiger partial charge in [-0.25, -0.2) is 9.97 Å². The van der Waals surface area contributed by atoms with Crippen LogP contribution in [0.25, 0.3) is 10.9 Å². The van der Waals surface area contributed by atoms with Crippen LogP contribution in [0, 0.1) is 0 Å². The van der Waals surface area contributed by atoms with Gasteiger partial charge in [0, 0.05) is 45.4 Å². The first-order valence-corrected chi connectivity index (χ1v) is 11.5. The van der Waals surface area contributed by atoms with Gasteiger partial charge in [-0.1, -0.05) is 0 Å². The molecule has 1 saturated heterocycles. The Morgan fingerprint density at radius 1 is 1.23 bits per heavy atom. The minimum absolute atomic E-state index is 0.0186. The number of piperazine rings is 1. The van der Waals surface area contributed by atoms with Crippen molar-refractivity contribution >= 4 is 27.9 Å². The highest BCUT2D eigenvalue weighted by Crippen LogP contribution is 2.26. The smallest absolute Gasteiger partial charge is 0.261 e. The van der Waals surface area contributed by atoms with E-state index in [9.17, 15) is 4.79 Å². The normalized spacial score (nSPS) is 17.3. The zero-order chi connectivity index (χ0) is 21.2. The number of benzene rings is 1. The van der Waals surface area contributed by atoms with E-state index in [1.165, 1.54) is 15.6 Å².